The third kappa shape index (κ3) is 18.7. The fraction of sp³-hybridized carbons (Fsp3) is 0.867. The number of carbonyl (C=O) groups is 2. The Bertz CT molecular complexity index is 300. The Hall–Kier alpha value is -1.22. The van der Waals surface area contributed by atoms with E-state index in [1.807, 2.05) is 7.05 Å². The molecule has 0 aliphatic rings. The van der Waals surface area contributed by atoms with Gasteiger partial charge in [0.15, 0.2) is 0 Å². The molecule has 0 radical (unpaired) electrons. The molecule has 0 aromatic heterocycles. The number of carboxylic acids is 1. The van der Waals surface area contributed by atoms with Crippen molar-refractivity contribution in [2.75, 3.05) is 59.8 Å². The molecule has 0 rings (SSSR count). The van der Waals surface area contributed by atoms with Gasteiger partial charge in [-0.05, 0) is 19.9 Å². The van der Waals surface area contributed by atoms with Crippen LogP contribution in [0.5, 0.6) is 0 Å². The van der Waals surface area contributed by atoms with Crippen molar-refractivity contribution in [2.45, 2.75) is 25.7 Å². The van der Waals surface area contributed by atoms with E-state index >= 15 is 0 Å². The van der Waals surface area contributed by atoms with Crippen molar-refractivity contribution >= 4 is 11.9 Å². The van der Waals surface area contributed by atoms with Crippen molar-refractivity contribution in [3.05, 3.63) is 0 Å². The molecule has 0 bridgehead atoms. The normalized spacial score (nSPS) is 10.7. The number of hydrogen-bond donors (Lipinski definition) is 2. The van der Waals surface area contributed by atoms with E-state index in [0.29, 0.717) is 52.5 Å². The number of esters is 1. The van der Waals surface area contributed by atoms with Gasteiger partial charge in [-0.15, -0.1) is 0 Å². The van der Waals surface area contributed by atoms with E-state index in [4.69, 9.17) is 24.1 Å². The number of rotatable bonds is 17. The molecule has 8 nitrogen and oxygen atoms in total. The molecule has 0 spiro atoms. The molecule has 0 aliphatic heterocycles. The SMILES string of the molecule is CNCCOCCOCCOCCOC(=O)CCCCC(=O)O. The van der Waals surface area contributed by atoms with Crippen molar-refractivity contribution in [1.29, 1.82) is 0 Å². The van der Waals surface area contributed by atoms with E-state index < -0.39 is 5.97 Å². The fourth-order valence-corrected chi connectivity index (χ4v) is 1.55. The van der Waals surface area contributed by atoms with Gasteiger partial charge in [0.2, 0.25) is 0 Å². The van der Waals surface area contributed by atoms with Crippen LogP contribution in [0.25, 0.3) is 0 Å². The van der Waals surface area contributed by atoms with Crippen LogP contribution in [0.1, 0.15) is 25.7 Å². The lowest BCUT2D eigenvalue weighted by Gasteiger charge is -2.07. The van der Waals surface area contributed by atoms with E-state index in [1.54, 1.807) is 0 Å². The third-order valence-corrected chi connectivity index (χ3v) is 2.75. The van der Waals surface area contributed by atoms with Crippen LogP contribution in [0.4, 0.5) is 0 Å². The van der Waals surface area contributed by atoms with Gasteiger partial charge >= 0.3 is 11.9 Å². The molecule has 23 heavy (non-hydrogen) atoms. The van der Waals surface area contributed by atoms with Gasteiger partial charge in [-0.1, -0.05) is 0 Å². The van der Waals surface area contributed by atoms with E-state index in [9.17, 15) is 9.59 Å². The topological polar surface area (TPSA) is 103 Å². The summed E-state index contributed by atoms with van der Waals surface area (Å²) in [4.78, 5) is 21.6. The van der Waals surface area contributed by atoms with Crippen LogP contribution in [-0.2, 0) is 28.5 Å². The minimum Gasteiger partial charge on any atom is -0.481 e. The van der Waals surface area contributed by atoms with E-state index in [-0.39, 0.29) is 25.4 Å². The largest absolute Gasteiger partial charge is 0.481 e. The van der Waals surface area contributed by atoms with Crippen molar-refractivity contribution in [2.24, 2.45) is 0 Å². The maximum Gasteiger partial charge on any atom is 0.305 e. The molecule has 0 aromatic rings. The smallest absolute Gasteiger partial charge is 0.305 e. The van der Waals surface area contributed by atoms with Crippen LogP contribution >= 0.6 is 0 Å². The Morgan fingerprint density at radius 1 is 0.826 bits per heavy atom. The third-order valence-electron chi connectivity index (χ3n) is 2.75. The predicted octanol–water partition coefficient (Wildman–Crippen LogP) is 0.444. The summed E-state index contributed by atoms with van der Waals surface area (Å²) in [5.41, 5.74) is 0. The summed E-state index contributed by atoms with van der Waals surface area (Å²) >= 11 is 0. The number of aliphatic carboxylic acids is 1. The molecular weight excluding hydrogens is 306 g/mol. The summed E-state index contributed by atoms with van der Waals surface area (Å²) in [6, 6.07) is 0. The minimum absolute atomic E-state index is 0.0803. The van der Waals surface area contributed by atoms with Crippen LogP contribution in [0, 0.1) is 0 Å². The number of ether oxygens (including phenoxy) is 4. The predicted molar refractivity (Wildman–Crippen MR) is 83.4 cm³/mol. The van der Waals surface area contributed by atoms with Crippen LogP contribution in [-0.4, -0.2) is 76.9 Å². The first-order valence-corrected chi connectivity index (χ1v) is 7.92. The summed E-state index contributed by atoms with van der Waals surface area (Å²) in [7, 11) is 1.87. The quantitative estimate of drug-likeness (QED) is 0.292. The second-order valence-electron chi connectivity index (χ2n) is 4.76. The molecule has 0 amide bonds. The summed E-state index contributed by atoms with van der Waals surface area (Å²) < 4.78 is 20.8. The first-order valence-electron chi connectivity index (χ1n) is 7.92. The summed E-state index contributed by atoms with van der Waals surface area (Å²) in [5.74, 6) is -1.17. The highest BCUT2D eigenvalue weighted by Gasteiger charge is 2.04. The van der Waals surface area contributed by atoms with Crippen LogP contribution in [0.3, 0.4) is 0 Å². The van der Waals surface area contributed by atoms with Crippen molar-refractivity contribution < 1.29 is 33.6 Å². The van der Waals surface area contributed by atoms with Crippen LogP contribution in [0.2, 0.25) is 0 Å². The van der Waals surface area contributed by atoms with Crippen LogP contribution < -0.4 is 5.32 Å². The molecular formula is C15H29NO7. The Labute approximate surface area is 137 Å². The van der Waals surface area contributed by atoms with E-state index in [1.165, 1.54) is 0 Å². The zero-order valence-corrected chi connectivity index (χ0v) is 13.9. The zero-order chi connectivity index (χ0) is 17.2. The van der Waals surface area contributed by atoms with Gasteiger partial charge in [0, 0.05) is 19.4 Å². The van der Waals surface area contributed by atoms with Gasteiger partial charge in [-0.2, -0.15) is 0 Å². The first-order chi connectivity index (χ1) is 11.2. The summed E-state index contributed by atoms with van der Waals surface area (Å²) in [6.45, 7) is 4.00. The maximum absolute atomic E-state index is 11.3. The molecule has 2 N–H and O–H groups in total. The average molecular weight is 335 g/mol. The lowest BCUT2D eigenvalue weighted by Crippen LogP contribution is -2.17. The lowest BCUT2D eigenvalue weighted by molar-refractivity contribution is -0.146. The molecule has 0 atom stereocenters. The van der Waals surface area contributed by atoms with E-state index in [0.717, 1.165) is 6.54 Å². The first kappa shape index (κ1) is 21.8. The summed E-state index contributed by atoms with van der Waals surface area (Å²) in [5, 5.41) is 11.4. The molecule has 0 fully saturated rings. The standard InChI is InChI=1S/C15H29NO7/c1-16-6-7-20-8-9-21-10-11-22-12-13-23-15(19)5-3-2-4-14(17)18/h16H,2-13H2,1H3,(H,17,18). The summed E-state index contributed by atoms with van der Waals surface area (Å²) in [6.07, 6.45) is 1.33. The fourth-order valence-electron chi connectivity index (χ4n) is 1.55. The Kier molecular flexibility index (Phi) is 16.2. The molecule has 0 saturated carbocycles. The average Bonchev–Trinajstić information content (AvgIpc) is 2.52. The highest BCUT2D eigenvalue weighted by molar-refractivity contribution is 5.69. The number of carbonyl (C=O) groups excluding carboxylic acids is 1. The highest BCUT2D eigenvalue weighted by atomic mass is 16.6. The van der Waals surface area contributed by atoms with Crippen molar-refractivity contribution in [1.82, 2.24) is 5.32 Å². The number of carboxylic acid groups (broad SMARTS) is 1. The molecule has 8 heteroatoms. The monoisotopic (exact) mass is 335 g/mol. The minimum atomic E-state index is -0.849. The second-order valence-corrected chi connectivity index (χ2v) is 4.76. The number of nitrogens with one attached hydrogen (secondary N) is 1. The molecule has 0 aliphatic carbocycles. The van der Waals surface area contributed by atoms with Crippen molar-refractivity contribution in [3.8, 4) is 0 Å². The number of hydrogen-bond acceptors (Lipinski definition) is 7. The van der Waals surface area contributed by atoms with Gasteiger partial charge in [-0.25, -0.2) is 0 Å². The van der Waals surface area contributed by atoms with Gasteiger partial charge in [0.05, 0.1) is 39.6 Å². The Balaban J connectivity index is 3.14. The van der Waals surface area contributed by atoms with Gasteiger partial charge in [0.1, 0.15) is 6.61 Å². The zero-order valence-electron chi connectivity index (χ0n) is 13.9. The van der Waals surface area contributed by atoms with E-state index in [2.05, 4.69) is 5.32 Å². The molecule has 0 saturated heterocycles. The maximum atomic E-state index is 11.3. The highest BCUT2D eigenvalue weighted by Crippen LogP contribution is 2.01. The molecule has 0 heterocycles. The molecule has 0 unspecified atom stereocenters. The lowest BCUT2D eigenvalue weighted by atomic mass is 10.2. The Morgan fingerprint density at radius 3 is 1.91 bits per heavy atom. The van der Waals surface area contributed by atoms with Crippen LogP contribution in [0.15, 0.2) is 0 Å². The van der Waals surface area contributed by atoms with Gasteiger partial charge in [0.25, 0.3) is 0 Å². The molecule has 136 valence electrons. The van der Waals surface area contributed by atoms with Crippen molar-refractivity contribution in [3.63, 3.8) is 0 Å². The van der Waals surface area contributed by atoms with Gasteiger partial charge < -0.3 is 29.4 Å². The van der Waals surface area contributed by atoms with Gasteiger partial charge in [-0.3, -0.25) is 9.59 Å². The number of unbranched alkanes of at least 4 members (excludes halogenated alkanes) is 1. The second kappa shape index (κ2) is 17.1. The molecule has 0 aromatic carbocycles. The number of likely N-dealkylation sites (N-methyl/N-ethyl adjacent to an activating group) is 1. The Morgan fingerprint density at radius 2 is 1.35 bits per heavy atom.